The maximum atomic E-state index is 4.71. The van der Waals surface area contributed by atoms with Gasteiger partial charge in [-0.1, -0.05) is 159 Å². The van der Waals surface area contributed by atoms with Crippen LogP contribution in [0.2, 0.25) is 0 Å². The molecule has 2 bridgehead atoms. The normalized spacial score (nSPS) is 23.0. The first-order valence-corrected chi connectivity index (χ1v) is 21.4. The van der Waals surface area contributed by atoms with Crippen molar-refractivity contribution in [3.8, 4) is 0 Å². The van der Waals surface area contributed by atoms with Gasteiger partial charge in [0.25, 0.3) is 0 Å². The fourth-order valence-electron chi connectivity index (χ4n) is 7.92. The number of hydrogen-bond donors (Lipinski definition) is 0. The minimum atomic E-state index is 0.761. The predicted octanol–water partition coefficient (Wildman–Crippen LogP) is 13.2. The monoisotopic (exact) mass is 793 g/mol. The Morgan fingerprint density at radius 3 is 2.12 bits per heavy atom. The Morgan fingerprint density at radius 2 is 1.43 bits per heavy atom. The SMILES string of the molecule is C=C(/C=C\C=C/C/C(C)=C/C)n1c(C)c(\C=c2/c(=C)n3c(=C)/c2=C\C=C/CC/C=C(\C)CC3=C)c(\C2=C/C=C(\C=C/C=C\C)C(/C=C\C=C/C)=C(C)/C(C)=C2\C=C/C)c1C. The second-order valence-electron chi connectivity index (χ2n) is 15.6. The summed E-state index contributed by atoms with van der Waals surface area (Å²) in [6.45, 7) is 40.1. The lowest BCUT2D eigenvalue weighted by Crippen LogP contribution is -2.36. The highest BCUT2D eigenvalue weighted by Gasteiger charge is 2.24. The Balaban J connectivity index is 2.21. The van der Waals surface area contributed by atoms with E-state index in [9.17, 15) is 0 Å². The summed E-state index contributed by atoms with van der Waals surface area (Å²) in [6.07, 6.45) is 51.5. The standard InChI is InChI=1S/C58H68N2/c1-15-19-24-34-51-37-38-55(53(30-17-3)46(10)45(9)52(51)35-25-20-16-2)58-50(14)59(43(7)33-28-23-27-31-41(5)18-4)49(13)57(58)40-56-48(12)60-44(8)39-42(6)32-26-21-22-29-36-54(56)47(60)11/h15-20,22-25,27-30,32-38,40H,7-8,11-12,21,26,31,39H2,1-6,9-10,13-14H3/b19-15-,20-16-,27-23-,29-22-,30-17-,33-28-,34-24-,35-25-,38-37?,41-18+,42-32+,46-45?,51-37+,52-45+,52-51?,53-46+,54-36+,55-38-,55-53?,56-40+. The number of aromatic nitrogens is 2. The lowest BCUT2D eigenvalue weighted by atomic mass is 9.84. The summed E-state index contributed by atoms with van der Waals surface area (Å²) in [4.78, 5) is 0. The highest BCUT2D eigenvalue weighted by atomic mass is 15.0. The minimum absolute atomic E-state index is 0.761. The van der Waals surface area contributed by atoms with Crippen molar-refractivity contribution in [1.82, 2.24) is 9.13 Å². The molecule has 0 amide bonds. The minimum Gasteiger partial charge on any atom is -0.318 e. The van der Waals surface area contributed by atoms with Gasteiger partial charge in [-0.05, 0) is 134 Å². The van der Waals surface area contributed by atoms with Gasteiger partial charge in [0.05, 0.1) is 0 Å². The van der Waals surface area contributed by atoms with Crippen LogP contribution in [0.25, 0.3) is 42.3 Å². The summed E-state index contributed by atoms with van der Waals surface area (Å²) in [6, 6.07) is 0. The van der Waals surface area contributed by atoms with Crippen LogP contribution in [0.15, 0.2) is 174 Å². The van der Waals surface area contributed by atoms with E-state index in [1.165, 1.54) is 33.4 Å². The Bertz CT molecular complexity index is 2670. The number of rotatable bonds is 12. The highest BCUT2D eigenvalue weighted by Crippen LogP contribution is 2.40. The summed E-state index contributed by atoms with van der Waals surface area (Å²) < 4.78 is 4.46. The van der Waals surface area contributed by atoms with Gasteiger partial charge in [-0.2, -0.15) is 0 Å². The van der Waals surface area contributed by atoms with E-state index < -0.39 is 0 Å². The van der Waals surface area contributed by atoms with E-state index in [1.807, 2.05) is 13.8 Å². The first-order valence-electron chi connectivity index (χ1n) is 21.4. The Kier molecular flexibility index (Phi) is 17.3. The maximum Gasteiger partial charge on any atom is 0.0465 e. The molecule has 0 N–H and O–H groups in total. The summed E-state index contributed by atoms with van der Waals surface area (Å²) in [5, 5.41) is 3.87. The molecule has 0 atom stereocenters. The van der Waals surface area contributed by atoms with Crippen molar-refractivity contribution in [2.75, 3.05) is 0 Å². The van der Waals surface area contributed by atoms with E-state index >= 15 is 0 Å². The van der Waals surface area contributed by atoms with Crippen LogP contribution in [-0.4, -0.2) is 9.13 Å². The molecule has 3 heterocycles. The van der Waals surface area contributed by atoms with Crippen molar-refractivity contribution >= 4 is 42.3 Å². The van der Waals surface area contributed by atoms with Gasteiger partial charge in [0.15, 0.2) is 0 Å². The molecule has 0 fully saturated rings. The van der Waals surface area contributed by atoms with Crippen LogP contribution in [0.1, 0.15) is 104 Å². The Labute approximate surface area is 362 Å². The number of nitrogens with zero attached hydrogens (tertiary/aromatic N) is 2. The van der Waals surface area contributed by atoms with Gasteiger partial charge in [-0.15, -0.1) is 0 Å². The zero-order valence-corrected chi connectivity index (χ0v) is 38.3. The zero-order chi connectivity index (χ0) is 43.9. The average Bonchev–Trinajstić information content (AvgIpc) is 3.60. The molecule has 310 valence electrons. The molecule has 2 aromatic heterocycles. The van der Waals surface area contributed by atoms with Gasteiger partial charge in [0.2, 0.25) is 0 Å². The van der Waals surface area contributed by atoms with Crippen LogP contribution >= 0.6 is 0 Å². The first kappa shape index (κ1) is 46.6. The van der Waals surface area contributed by atoms with Crippen molar-refractivity contribution in [2.45, 2.75) is 94.9 Å². The number of hydrogen-bond acceptors (Lipinski definition) is 0. The molecule has 0 saturated carbocycles. The molecule has 60 heavy (non-hydrogen) atoms. The molecular weight excluding hydrogens is 725 g/mol. The second-order valence-corrected chi connectivity index (χ2v) is 15.6. The predicted molar refractivity (Wildman–Crippen MR) is 270 cm³/mol. The molecular formula is C58H68N2. The third-order valence-corrected chi connectivity index (χ3v) is 11.4. The smallest absolute Gasteiger partial charge is 0.0465 e. The van der Waals surface area contributed by atoms with Crippen molar-refractivity contribution in [3.63, 3.8) is 0 Å². The summed E-state index contributed by atoms with van der Waals surface area (Å²) >= 11 is 0. The lowest BCUT2D eigenvalue weighted by Gasteiger charge is -2.20. The van der Waals surface area contributed by atoms with Crippen LogP contribution in [0.5, 0.6) is 0 Å². The molecule has 2 aromatic rings. The first-order chi connectivity index (χ1) is 28.8. The van der Waals surface area contributed by atoms with Gasteiger partial charge in [-0.25, -0.2) is 0 Å². The fraction of sp³-hybridized carbons (Fsp3) is 0.241. The van der Waals surface area contributed by atoms with Crippen LogP contribution in [0, 0.1) is 13.8 Å². The van der Waals surface area contributed by atoms with Gasteiger partial charge < -0.3 is 9.13 Å². The summed E-state index contributed by atoms with van der Waals surface area (Å²) in [5.41, 5.74) is 16.1. The highest BCUT2D eigenvalue weighted by molar-refractivity contribution is 5.92. The topological polar surface area (TPSA) is 9.86 Å². The molecule has 1 aliphatic carbocycles. The largest absolute Gasteiger partial charge is 0.318 e. The van der Waals surface area contributed by atoms with Gasteiger partial charge in [-0.3, -0.25) is 0 Å². The molecule has 2 nitrogen and oxygen atoms in total. The van der Waals surface area contributed by atoms with Gasteiger partial charge >= 0.3 is 0 Å². The summed E-state index contributed by atoms with van der Waals surface area (Å²) in [7, 11) is 0. The molecule has 0 unspecified atom stereocenters. The van der Waals surface area contributed by atoms with Crippen LogP contribution < -0.4 is 21.1 Å². The molecule has 0 spiro atoms. The third-order valence-electron chi connectivity index (χ3n) is 11.4. The molecule has 2 heteroatoms. The Morgan fingerprint density at radius 1 is 0.733 bits per heavy atom. The lowest BCUT2D eigenvalue weighted by molar-refractivity contribution is 0.954. The zero-order valence-electron chi connectivity index (χ0n) is 38.3. The fourth-order valence-corrected chi connectivity index (χ4v) is 7.92. The van der Waals surface area contributed by atoms with Crippen LogP contribution in [0.4, 0.5) is 0 Å². The van der Waals surface area contributed by atoms with E-state index in [0.29, 0.717) is 0 Å². The second kappa shape index (κ2) is 22.3. The Hall–Kier alpha value is -6.12. The van der Waals surface area contributed by atoms with E-state index in [0.717, 1.165) is 91.9 Å². The van der Waals surface area contributed by atoms with E-state index in [-0.39, 0.29) is 0 Å². The average molecular weight is 793 g/mol. The summed E-state index contributed by atoms with van der Waals surface area (Å²) in [5.74, 6) is 0. The molecule has 4 rings (SSSR count). The number of fused-ring (bicyclic) bond motifs is 2. The van der Waals surface area contributed by atoms with Crippen LogP contribution in [0.3, 0.4) is 0 Å². The molecule has 0 saturated heterocycles. The van der Waals surface area contributed by atoms with Gasteiger partial charge in [0, 0.05) is 61.5 Å². The third kappa shape index (κ3) is 10.9. The molecule has 0 aromatic carbocycles. The molecule has 2 aliphatic rings. The quantitative estimate of drug-likeness (QED) is 0.150. The number of allylic oxidation sites excluding steroid dienone is 30. The molecule has 0 radical (unpaired) electrons. The molecule has 1 aliphatic heterocycles. The van der Waals surface area contributed by atoms with Crippen molar-refractivity contribution < 1.29 is 0 Å². The van der Waals surface area contributed by atoms with Crippen LogP contribution in [-0.2, 0) is 0 Å². The van der Waals surface area contributed by atoms with Crippen molar-refractivity contribution in [1.29, 1.82) is 0 Å². The van der Waals surface area contributed by atoms with E-state index in [4.69, 9.17) is 6.58 Å². The van der Waals surface area contributed by atoms with Crippen molar-refractivity contribution in [3.05, 3.63) is 217 Å². The van der Waals surface area contributed by atoms with E-state index in [1.54, 1.807) is 0 Å². The van der Waals surface area contributed by atoms with Gasteiger partial charge in [0.1, 0.15) is 0 Å². The van der Waals surface area contributed by atoms with E-state index in [2.05, 4.69) is 218 Å². The van der Waals surface area contributed by atoms with Crippen molar-refractivity contribution in [2.24, 2.45) is 0 Å². The maximum absolute atomic E-state index is 4.71.